The monoisotopic (exact) mass is 218 g/mol. The molecule has 5 heteroatoms. The minimum absolute atomic E-state index is 0.0177. The molecule has 0 radical (unpaired) electrons. The van der Waals surface area contributed by atoms with Crippen LogP contribution in [0.2, 0.25) is 0 Å². The molecule has 16 heavy (non-hydrogen) atoms. The van der Waals surface area contributed by atoms with Crippen molar-refractivity contribution in [1.82, 2.24) is 4.98 Å². The van der Waals surface area contributed by atoms with Crippen molar-refractivity contribution in [3.05, 3.63) is 18.5 Å². The van der Waals surface area contributed by atoms with Gasteiger partial charge in [-0.15, -0.1) is 0 Å². The Hall–Kier alpha value is -1.91. The van der Waals surface area contributed by atoms with Gasteiger partial charge < -0.3 is 5.73 Å². The maximum Gasteiger partial charge on any atom is 0.253 e. The average molecular weight is 218 g/mol. The molecule has 1 aliphatic heterocycles. The maximum absolute atomic E-state index is 11.7. The number of hydrogen-bond acceptors (Lipinski definition) is 4. The summed E-state index contributed by atoms with van der Waals surface area (Å²) in [5.74, 6) is -0.0177. The molecular formula is C11H14N4O. The first-order valence-corrected chi connectivity index (χ1v) is 5.30. The van der Waals surface area contributed by atoms with E-state index in [9.17, 15) is 4.79 Å². The van der Waals surface area contributed by atoms with Gasteiger partial charge >= 0.3 is 0 Å². The largest absolute Gasteiger partial charge is 0.397 e. The number of nitrogens with two attached hydrogens (primary N) is 1. The van der Waals surface area contributed by atoms with Gasteiger partial charge in [0.15, 0.2) is 0 Å². The molecular weight excluding hydrogens is 204 g/mol. The van der Waals surface area contributed by atoms with Gasteiger partial charge in [0.05, 0.1) is 24.0 Å². The molecule has 0 unspecified atom stereocenters. The minimum Gasteiger partial charge on any atom is -0.397 e. The predicted octanol–water partition coefficient (Wildman–Crippen LogP) is 1.56. The smallest absolute Gasteiger partial charge is 0.253 e. The number of rotatable bonds is 3. The van der Waals surface area contributed by atoms with Crippen LogP contribution in [0.25, 0.3) is 0 Å². The highest BCUT2D eigenvalue weighted by Gasteiger charge is 2.24. The minimum atomic E-state index is -0.0177. The number of hydrazone groups is 1. The molecule has 5 nitrogen and oxygen atoms in total. The summed E-state index contributed by atoms with van der Waals surface area (Å²) in [4.78, 5) is 15.7. The highest BCUT2D eigenvalue weighted by atomic mass is 16.2. The van der Waals surface area contributed by atoms with Crippen LogP contribution in [0.15, 0.2) is 23.6 Å². The summed E-state index contributed by atoms with van der Waals surface area (Å²) in [6, 6.07) is 1.70. The van der Waals surface area contributed by atoms with E-state index in [4.69, 9.17) is 5.73 Å². The quantitative estimate of drug-likeness (QED) is 0.836. The molecule has 2 heterocycles. The average Bonchev–Trinajstić information content (AvgIpc) is 2.60. The van der Waals surface area contributed by atoms with Crippen molar-refractivity contribution >= 4 is 23.0 Å². The summed E-state index contributed by atoms with van der Waals surface area (Å²) in [6.45, 7) is 2.07. The third-order valence-electron chi connectivity index (χ3n) is 2.36. The molecule has 1 aliphatic rings. The van der Waals surface area contributed by atoms with E-state index in [1.54, 1.807) is 18.5 Å². The first kappa shape index (κ1) is 10.6. The lowest BCUT2D eigenvalue weighted by Crippen LogP contribution is -2.19. The molecule has 1 amide bonds. The van der Waals surface area contributed by atoms with Crippen LogP contribution in [-0.4, -0.2) is 16.6 Å². The number of pyridine rings is 1. The summed E-state index contributed by atoms with van der Waals surface area (Å²) in [5.41, 5.74) is 7.71. The molecule has 0 atom stereocenters. The Labute approximate surface area is 94.0 Å². The summed E-state index contributed by atoms with van der Waals surface area (Å²) >= 11 is 0. The van der Waals surface area contributed by atoms with Gasteiger partial charge in [0.2, 0.25) is 0 Å². The number of nitrogen functional groups attached to an aromatic ring is 1. The van der Waals surface area contributed by atoms with Gasteiger partial charge in [0.1, 0.15) is 0 Å². The molecule has 0 saturated heterocycles. The van der Waals surface area contributed by atoms with E-state index < -0.39 is 0 Å². The van der Waals surface area contributed by atoms with E-state index in [2.05, 4.69) is 17.0 Å². The fraction of sp³-hybridized carbons (Fsp3) is 0.364. The van der Waals surface area contributed by atoms with Crippen LogP contribution in [0.1, 0.15) is 26.2 Å². The molecule has 0 fully saturated rings. The van der Waals surface area contributed by atoms with E-state index in [-0.39, 0.29) is 5.91 Å². The lowest BCUT2D eigenvalue weighted by molar-refractivity contribution is -0.116. The summed E-state index contributed by atoms with van der Waals surface area (Å²) < 4.78 is 0. The van der Waals surface area contributed by atoms with Gasteiger partial charge in [-0.3, -0.25) is 9.78 Å². The number of nitrogens with zero attached hydrogens (tertiary/aromatic N) is 3. The molecule has 1 aromatic heterocycles. The van der Waals surface area contributed by atoms with Gasteiger partial charge in [-0.25, -0.2) is 0 Å². The standard InChI is InChI=1S/C11H14N4O/c1-2-3-9-5-11(16)15(14-9)10-4-8(12)6-13-7-10/h4,6-7H,2-3,5,12H2,1H3. The van der Waals surface area contributed by atoms with Gasteiger partial charge in [-0.2, -0.15) is 10.1 Å². The fourth-order valence-corrected chi connectivity index (χ4v) is 1.67. The SMILES string of the molecule is CCCC1=NN(c2cncc(N)c2)C(=O)C1. The number of amides is 1. The van der Waals surface area contributed by atoms with Crippen molar-refractivity contribution < 1.29 is 4.79 Å². The zero-order valence-electron chi connectivity index (χ0n) is 9.18. The van der Waals surface area contributed by atoms with E-state index in [1.165, 1.54) is 5.01 Å². The Morgan fingerprint density at radius 1 is 1.50 bits per heavy atom. The first-order chi connectivity index (χ1) is 7.70. The number of aromatic nitrogens is 1. The van der Waals surface area contributed by atoms with Crippen molar-refractivity contribution in [2.75, 3.05) is 10.7 Å². The van der Waals surface area contributed by atoms with Crippen LogP contribution in [0, 0.1) is 0 Å². The van der Waals surface area contributed by atoms with Crippen molar-refractivity contribution in [2.24, 2.45) is 5.10 Å². The molecule has 2 N–H and O–H groups in total. The Kier molecular flexibility index (Phi) is 2.85. The van der Waals surface area contributed by atoms with Gasteiger partial charge in [-0.05, 0) is 12.5 Å². The fourth-order valence-electron chi connectivity index (χ4n) is 1.67. The second-order valence-electron chi connectivity index (χ2n) is 3.78. The highest BCUT2D eigenvalue weighted by Crippen LogP contribution is 2.22. The number of carbonyl (C=O) groups excluding carboxylic acids is 1. The lowest BCUT2D eigenvalue weighted by atomic mass is 10.2. The second-order valence-corrected chi connectivity index (χ2v) is 3.78. The summed E-state index contributed by atoms with van der Waals surface area (Å²) in [7, 11) is 0. The maximum atomic E-state index is 11.7. The van der Waals surface area contributed by atoms with Crippen LogP contribution < -0.4 is 10.7 Å². The Morgan fingerprint density at radius 3 is 3.00 bits per heavy atom. The Morgan fingerprint density at radius 2 is 2.31 bits per heavy atom. The Bertz CT molecular complexity index is 441. The predicted molar refractivity (Wildman–Crippen MR) is 63.1 cm³/mol. The van der Waals surface area contributed by atoms with Crippen LogP contribution >= 0.6 is 0 Å². The molecule has 2 rings (SSSR count). The Balaban J connectivity index is 2.24. The van der Waals surface area contributed by atoms with E-state index in [1.807, 2.05) is 0 Å². The van der Waals surface area contributed by atoms with E-state index >= 15 is 0 Å². The van der Waals surface area contributed by atoms with Crippen LogP contribution in [-0.2, 0) is 4.79 Å². The molecule has 0 bridgehead atoms. The second kappa shape index (κ2) is 4.30. The number of anilines is 2. The van der Waals surface area contributed by atoms with Gasteiger partial charge in [0, 0.05) is 11.9 Å². The number of hydrogen-bond donors (Lipinski definition) is 1. The third kappa shape index (κ3) is 2.03. The van der Waals surface area contributed by atoms with Gasteiger partial charge in [-0.1, -0.05) is 13.3 Å². The van der Waals surface area contributed by atoms with E-state index in [0.717, 1.165) is 18.6 Å². The van der Waals surface area contributed by atoms with Gasteiger partial charge in [0.25, 0.3) is 5.91 Å². The molecule has 84 valence electrons. The third-order valence-corrected chi connectivity index (χ3v) is 2.36. The van der Waals surface area contributed by atoms with Crippen molar-refractivity contribution in [2.45, 2.75) is 26.2 Å². The summed E-state index contributed by atoms with van der Waals surface area (Å²) in [5, 5.41) is 5.66. The molecule has 0 aliphatic carbocycles. The van der Waals surface area contributed by atoms with Crippen molar-refractivity contribution in [3.8, 4) is 0 Å². The van der Waals surface area contributed by atoms with Crippen LogP contribution in [0.4, 0.5) is 11.4 Å². The molecule has 0 aromatic carbocycles. The van der Waals surface area contributed by atoms with Crippen molar-refractivity contribution in [1.29, 1.82) is 0 Å². The molecule has 0 saturated carbocycles. The van der Waals surface area contributed by atoms with Crippen LogP contribution in [0.3, 0.4) is 0 Å². The number of carbonyl (C=O) groups is 1. The molecule has 0 spiro atoms. The zero-order chi connectivity index (χ0) is 11.5. The van der Waals surface area contributed by atoms with Crippen molar-refractivity contribution in [3.63, 3.8) is 0 Å². The lowest BCUT2D eigenvalue weighted by Gasteiger charge is -2.10. The highest BCUT2D eigenvalue weighted by molar-refractivity contribution is 6.12. The summed E-state index contributed by atoms with van der Waals surface area (Å²) in [6.07, 6.45) is 5.39. The topological polar surface area (TPSA) is 71.6 Å². The normalized spacial score (nSPS) is 15.4. The zero-order valence-corrected chi connectivity index (χ0v) is 9.18. The molecule has 1 aromatic rings. The van der Waals surface area contributed by atoms with Crippen LogP contribution in [0.5, 0.6) is 0 Å². The first-order valence-electron chi connectivity index (χ1n) is 5.30. The van der Waals surface area contributed by atoms with E-state index in [0.29, 0.717) is 17.8 Å².